The van der Waals surface area contributed by atoms with Crippen molar-refractivity contribution in [2.75, 3.05) is 32.2 Å². The molecule has 0 amide bonds. The molecular weight excluding hydrogens is 298 g/mol. The van der Waals surface area contributed by atoms with Crippen LogP contribution in [0.3, 0.4) is 0 Å². The summed E-state index contributed by atoms with van der Waals surface area (Å²) >= 11 is 3.48. The number of hydrogen-bond donors (Lipinski definition) is 2. The van der Waals surface area contributed by atoms with Crippen molar-refractivity contribution >= 4 is 21.6 Å². The lowest BCUT2D eigenvalue weighted by Gasteiger charge is -2.24. The largest absolute Gasteiger partial charge is 0.389 e. The van der Waals surface area contributed by atoms with E-state index in [1.807, 2.05) is 30.1 Å². The van der Waals surface area contributed by atoms with Gasteiger partial charge in [0.2, 0.25) is 0 Å². The van der Waals surface area contributed by atoms with E-state index in [1.165, 1.54) is 0 Å². The summed E-state index contributed by atoms with van der Waals surface area (Å²) in [5.41, 5.74) is 1.83. The predicted molar refractivity (Wildman–Crippen MR) is 75.9 cm³/mol. The Hall–Kier alpha value is -0.620. The van der Waals surface area contributed by atoms with E-state index >= 15 is 0 Å². The highest BCUT2D eigenvalue weighted by atomic mass is 79.9. The van der Waals surface area contributed by atoms with Crippen LogP contribution in [-0.4, -0.2) is 43.6 Å². The summed E-state index contributed by atoms with van der Waals surface area (Å²) in [7, 11) is 3.47. The summed E-state index contributed by atoms with van der Waals surface area (Å²) < 4.78 is 5.80. The van der Waals surface area contributed by atoms with Crippen LogP contribution in [0.5, 0.6) is 0 Å². The van der Waals surface area contributed by atoms with Gasteiger partial charge in [-0.3, -0.25) is 0 Å². The van der Waals surface area contributed by atoms with Gasteiger partial charge in [0, 0.05) is 25.2 Å². The molecule has 0 bridgehead atoms. The molecule has 0 radical (unpaired) electrons. The topological polar surface area (TPSA) is 52.9 Å². The zero-order chi connectivity index (χ0) is 13.7. The van der Waals surface area contributed by atoms with Crippen LogP contribution in [0.15, 0.2) is 22.7 Å². The average Bonchev–Trinajstić information content (AvgIpc) is 2.28. The van der Waals surface area contributed by atoms with Crippen molar-refractivity contribution in [2.24, 2.45) is 0 Å². The fraction of sp³-hybridized carbons (Fsp3) is 0.538. The lowest BCUT2D eigenvalue weighted by atomic mass is 10.1. The minimum atomic E-state index is -0.525. The molecule has 5 heteroatoms. The first-order valence-corrected chi connectivity index (χ1v) is 6.60. The van der Waals surface area contributed by atoms with Crippen LogP contribution >= 0.6 is 15.9 Å². The van der Waals surface area contributed by atoms with Gasteiger partial charge in [-0.2, -0.15) is 0 Å². The third-order valence-electron chi connectivity index (χ3n) is 2.71. The number of aliphatic hydroxyl groups is 2. The molecule has 0 aliphatic carbocycles. The molecule has 4 nitrogen and oxygen atoms in total. The quantitative estimate of drug-likeness (QED) is 0.842. The van der Waals surface area contributed by atoms with Gasteiger partial charge >= 0.3 is 0 Å². The van der Waals surface area contributed by atoms with Gasteiger partial charge < -0.3 is 19.8 Å². The van der Waals surface area contributed by atoms with Crippen LogP contribution in [0.2, 0.25) is 0 Å². The standard InChI is InChI=1S/C13H20BrNO3/c1-9(16)10-4-5-13(12(14)6-10)15(2)7-11(17)8-18-3/h4-6,9,11,16-17H,7-8H2,1-3H3/t9-,11?/m1/s1. The van der Waals surface area contributed by atoms with Crippen LogP contribution in [0.4, 0.5) is 5.69 Å². The lowest BCUT2D eigenvalue weighted by molar-refractivity contribution is 0.0695. The van der Waals surface area contributed by atoms with E-state index in [0.29, 0.717) is 13.2 Å². The monoisotopic (exact) mass is 317 g/mol. The van der Waals surface area contributed by atoms with Gasteiger partial charge in [-0.15, -0.1) is 0 Å². The smallest absolute Gasteiger partial charge is 0.0947 e. The minimum absolute atomic E-state index is 0.313. The highest BCUT2D eigenvalue weighted by molar-refractivity contribution is 9.10. The molecule has 1 aromatic rings. The molecule has 1 rings (SSSR count). The fourth-order valence-corrected chi connectivity index (χ4v) is 2.45. The molecule has 0 saturated heterocycles. The average molecular weight is 318 g/mol. The maximum absolute atomic E-state index is 9.69. The highest BCUT2D eigenvalue weighted by Crippen LogP contribution is 2.28. The molecule has 0 aliphatic rings. The van der Waals surface area contributed by atoms with E-state index in [-0.39, 0.29) is 0 Å². The predicted octanol–water partition coefficient (Wildman–Crippen LogP) is 1.95. The van der Waals surface area contributed by atoms with E-state index in [4.69, 9.17) is 4.74 Å². The summed E-state index contributed by atoms with van der Waals surface area (Å²) in [5.74, 6) is 0. The van der Waals surface area contributed by atoms with Gasteiger partial charge in [0.15, 0.2) is 0 Å². The van der Waals surface area contributed by atoms with E-state index in [9.17, 15) is 10.2 Å². The summed E-state index contributed by atoms with van der Waals surface area (Å²) in [5, 5.41) is 19.2. The highest BCUT2D eigenvalue weighted by Gasteiger charge is 2.12. The van der Waals surface area contributed by atoms with Crippen molar-refractivity contribution in [1.29, 1.82) is 0 Å². The van der Waals surface area contributed by atoms with Gasteiger partial charge in [-0.1, -0.05) is 6.07 Å². The number of aliphatic hydroxyl groups excluding tert-OH is 2. The van der Waals surface area contributed by atoms with Crippen LogP contribution < -0.4 is 4.90 Å². The molecule has 0 fully saturated rings. The maximum Gasteiger partial charge on any atom is 0.0947 e. The molecule has 1 aromatic carbocycles. The second-order valence-corrected chi connectivity index (χ2v) is 5.23. The molecule has 0 spiro atoms. The first-order chi connectivity index (χ1) is 8.45. The van der Waals surface area contributed by atoms with E-state index in [0.717, 1.165) is 15.7 Å². The van der Waals surface area contributed by atoms with Crippen molar-refractivity contribution in [3.05, 3.63) is 28.2 Å². The number of halogens is 1. The Morgan fingerprint density at radius 1 is 1.39 bits per heavy atom. The molecule has 0 saturated carbocycles. The van der Waals surface area contributed by atoms with Crippen molar-refractivity contribution in [3.8, 4) is 0 Å². The third kappa shape index (κ3) is 4.24. The van der Waals surface area contributed by atoms with Crippen LogP contribution in [-0.2, 0) is 4.74 Å². The second-order valence-electron chi connectivity index (χ2n) is 4.38. The fourth-order valence-electron chi connectivity index (χ4n) is 1.75. The van der Waals surface area contributed by atoms with Crippen molar-refractivity contribution < 1.29 is 14.9 Å². The summed E-state index contributed by atoms with van der Waals surface area (Å²) in [6.45, 7) is 2.53. The first-order valence-electron chi connectivity index (χ1n) is 5.81. The number of ether oxygens (including phenoxy) is 1. The number of nitrogens with zero attached hydrogens (tertiary/aromatic N) is 1. The van der Waals surface area contributed by atoms with Crippen molar-refractivity contribution in [2.45, 2.75) is 19.1 Å². The SMILES string of the molecule is COCC(O)CN(C)c1ccc([C@@H](C)O)cc1Br. The minimum Gasteiger partial charge on any atom is -0.389 e. The summed E-state index contributed by atoms with van der Waals surface area (Å²) in [6, 6.07) is 5.69. The second kappa shape index (κ2) is 7.09. The number of benzene rings is 1. The Labute approximate surface area is 116 Å². The summed E-state index contributed by atoms with van der Waals surface area (Å²) in [4.78, 5) is 1.94. The van der Waals surface area contributed by atoms with Gasteiger partial charge in [0.05, 0.1) is 24.5 Å². The Morgan fingerprint density at radius 3 is 2.56 bits per heavy atom. The maximum atomic E-state index is 9.69. The van der Waals surface area contributed by atoms with Gasteiger partial charge in [0.1, 0.15) is 0 Å². The zero-order valence-electron chi connectivity index (χ0n) is 10.9. The van der Waals surface area contributed by atoms with E-state index in [1.54, 1.807) is 14.0 Å². The first kappa shape index (κ1) is 15.4. The molecule has 18 heavy (non-hydrogen) atoms. The Kier molecular flexibility index (Phi) is 6.08. The number of likely N-dealkylation sites (N-methyl/N-ethyl adjacent to an activating group) is 1. The Balaban J connectivity index is 2.77. The van der Waals surface area contributed by atoms with Gasteiger partial charge in [-0.25, -0.2) is 0 Å². The number of anilines is 1. The van der Waals surface area contributed by atoms with E-state index in [2.05, 4.69) is 15.9 Å². The van der Waals surface area contributed by atoms with Gasteiger partial charge in [-0.05, 0) is 40.5 Å². The molecular formula is C13H20BrNO3. The molecule has 2 atom stereocenters. The molecule has 0 aliphatic heterocycles. The molecule has 2 N–H and O–H groups in total. The number of methoxy groups -OCH3 is 1. The zero-order valence-corrected chi connectivity index (χ0v) is 12.5. The number of rotatable bonds is 6. The van der Waals surface area contributed by atoms with Crippen LogP contribution in [0, 0.1) is 0 Å². The van der Waals surface area contributed by atoms with E-state index < -0.39 is 12.2 Å². The van der Waals surface area contributed by atoms with Crippen LogP contribution in [0.1, 0.15) is 18.6 Å². The molecule has 0 aromatic heterocycles. The Morgan fingerprint density at radius 2 is 2.06 bits per heavy atom. The van der Waals surface area contributed by atoms with Crippen molar-refractivity contribution in [1.82, 2.24) is 0 Å². The lowest BCUT2D eigenvalue weighted by Crippen LogP contribution is -2.32. The number of hydrogen-bond acceptors (Lipinski definition) is 4. The van der Waals surface area contributed by atoms with Crippen LogP contribution in [0.25, 0.3) is 0 Å². The third-order valence-corrected chi connectivity index (χ3v) is 3.34. The molecule has 0 heterocycles. The normalized spacial score (nSPS) is 14.3. The summed E-state index contributed by atoms with van der Waals surface area (Å²) in [6.07, 6.45) is -1.01. The van der Waals surface area contributed by atoms with Crippen molar-refractivity contribution in [3.63, 3.8) is 0 Å². The van der Waals surface area contributed by atoms with Gasteiger partial charge in [0.25, 0.3) is 0 Å². The Bertz CT molecular complexity index is 384. The molecule has 102 valence electrons. The molecule has 1 unspecified atom stereocenters.